The van der Waals surface area contributed by atoms with E-state index in [2.05, 4.69) is 15.5 Å². The summed E-state index contributed by atoms with van der Waals surface area (Å²) >= 11 is 0. The van der Waals surface area contributed by atoms with Gasteiger partial charge in [0.2, 0.25) is 27.7 Å². The molecule has 12 heteroatoms. The van der Waals surface area contributed by atoms with Crippen LogP contribution in [0.15, 0.2) is 57.8 Å². The van der Waals surface area contributed by atoms with Crippen LogP contribution in [0.4, 0.5) is 18.9 Å². The maximum absolute atomic E-state index is 13.1. The first-order chi connectivity index (χ1) is 16.0. The first-order valence-electron chi connectivity index (χ1n) is 10.4. The lowest BCUT2D eigenvalue weighted by atomic mass is 10.00. The van der Waals surface area contributed by atoms with Crippen LogP contribution >= 0.6 is 0 Å². The molecule has 0 spiro atoms. The van der Waals surface area contributed by atoms with Crippen molar-refractivity contribution in [3.05, 3.63) is 60.0 Å². The SMILES string of the molecule is CC(=O)Nc1ccc(S(=O)(=O)N2CCCC(c3nnc(-c4ccc(C(F)(F)F)cc4)o3)C2)cc1. The van der Waals surface area contributed by atoms with Crippen LogP contribution in [0.2, 0.25) is 0 Å². The summed E-state index contributed by atoms with van der Waals surface area (Å²) in [6.45, 7) is 1.82. The third kappa shape index (κ3) is 5.12. The van der Waals surface area contributed by atoms with Crippen molar-refractivity contribution in [1.82, 2.24) is 14.5 Å². The highest BCUT2D eigenvalue weighted by Gasteiger charge is 2.34. The number of hydrogen-bond donors (Lipinski definition) is 1. The van der Waals surface area contributed by atoms with E-state index in [0.717, 1.165) is 12.1 Å². The molecule has 1 atom stereocenters. The molecule has 1 saturated heterocycles. The Morgan fingerprint density at radius 3 is 2.38 bits per heavy atom. The highest BCUT2D eigenvalue weighted by molar-refractivity contribution is 7.89. The van der Waals surface area contributed by atoms with Gasteiger partial charge < -0.3 is 9.73 Å². The molecule has 0 radical (unpaired) electrons. The molecule has 2 heterocycles. The van der Waals surface area contributed by atoms with Crippen LogP contribution < -0.4 is 5.32 Å². The number of piperidine rings is 1. The van der Waals surface area contributed by atoms with Crippen molar-refractivity contribution in [3.8, 4) is 11.5 Å². The Hall–Kier alpha value is -3.25. The number of alkyl halides is 3. The monoisotopic (exact) mass is 494 g/mol. The Labute approximate surface area is 193 Å². The molecule has 2 aromatic carbocycles. The normalized spacial score (nSPS) is 17.5. The van der Waals surface area contributed by atoms with Gasteiger partial charge in [0.1, 0.15) is 0 Å². The molecule has 1 unspecified atom stereocenters. The molecule has 1 aromatic heterocycles. The van der Waals surface area contributed by atoms with Crippen molar-refractivity contribution in [2.24, 2.45) is 0 Å². The number of amides is 1. The molecule has 4 rings (SSSR count). The highest BCUT2D eigenvalue weighted by Crippen LogP contribution is 2.33. The maximum atomic E-state index is 13.1. The predicted molar refractivity (Wildman–Crippen MR) is 116 cm³/mol. The van der Waals surface area contributed by atoms with Gasteiger partial charge in [-0.3, -0.25) is 4.79 Å². The highest BCUT2D eigenvalue weighted by atomic mass is 32.2. The Bertz CT molecular complexity index is 1270. The van der Waals surface area contributed by atoms with Gasteiger partial charge >= 0.3 is 6.18 Å². The van der Waals surface area contributed by atoms with Crippen LogP contribution in [0.25, 0.3) is 11.5 Å². The fourth-order valence-corrected chi connectivity index (χ4v) is 5.27. The van der Waals surface area contributed by atoms with Crippen LogP contribution in [0.5, 0.6) is 0 Å². The standard InChI is InChI=1S/C22H21F3N4O4S/c1-14(30)26-18-8-10-19(11-9-18)34(31,32)29-12-2-3-16(13-29)21-28-27-20(33-21)15-4-6-17(7-5-15)22(23,24)25/h4-11,16H,2-3,12-13H2,1H3,(H,26,30). The summed E-state index contributed by atoms with van der Waals surface area (Å²) in [5, 5.41) is 10.5. The van der Waals surface area contributed by atoms with E-state index in [1.165, 1.54) is 47.6 Å². The topological polar surface area (TPSA) is 105 Å². The molecule has 34 heavy (non-hydrogen) atoms. The predicted octanol–water partition coefficient (Wildman–Crippen LogP) is 4.28. The number of carbonyl (C=O) groups is 1. The van der Waals surface area contributed by atoms with Gasteiger partial charge in [0.05, 0.1) is 16.4 Å². The quantitative estimate of drug-likeness (QED) is 0.568. The first kappa shape index (κ1) is 23.9. The number of sulfonamides is 1. The van der Waals surface area contributed by atoms with E-state index in [0.29, 0.717) is 30.6 Å². The number of aromatic nitrogens is 2. The Morgan fingerprint density at radius 1 is 1.09 bits per heavy atom. The second kappa shape index (κ2) is 9.18. The summed E-state index contributed by atoms with van der Waals surface area (Å²) < 4.78 is 71.6. The van der Waals surface area contributed by atoms with E-state index in [1.54, 1.807) is 0 Å². The van der Waals surface area contributed by atoms with E-state index in [1.807, 2.05) is 0 Å². The number of benzene rings is 2. The van der Waals surface area contributed by atoms with Gasteiger partial charge in [0.25, 0.3) is 0 Å². The minimum atomic E-state index is -4.44. The summed E-state index contributed by atoms with van der Waals surface area (Å²) in [5.74, 6) is -0.310. The number of halogens is 3. The van der Waals surface area contributed by atoms with Crippen LogP contribution in [0, 0.1) is 0 Å². The van der Waals surface area contributed by atoms with Crippen LogP contribution in [0.3, 0.4) is 0 Å². The Morgan fingerprint density at radius 2 is 1.76 bits per heavy atom. The van der Waals surface area contributed by atoms with E-state index < -0.39 is 21.8 Å². The van der Waals surface area contributed by atoms with E-state index in [4.69, 9.17) is 4.42 Å². The largest absolute Gasteiger partial charge is 0.420 e. The Kier molecular flexibility index (Phi) is 6.45. The fourth-order valence-electron chi connectivity index (χ4n) is 3.74. The first-order valence-corrected chi connectivity index (χ1v) is 11.9. The average molecular weight is 494 g/mol. The molecule has 1 aliphatic rings. The smallest absolute Gasteiger partial charge is 0.416 e. The number of anilines is 1. The molecule has 1 amide bonds. The zero-order chi connectivity index (χ0) is 24.5. The van der Waals surface area contributed by atoms with E-state index >= 15 is 0 Å². The van der Waals surface area contributed by atoms with Crippen molar-refractivity contribution in [3.63, 3.8) is 0 Å². The van der Waals surface area contributed by atoms with Crippen molar-refractivity contribution in [1.29, 1.82) is 0 Å². The van der Waals surface area contributed by atoms with Crippen LogP contribution in [-0.2, 0) is 21.0 Å². The molecular formula is C22H21F3N4O4S. The fraction of sp³-hybridized carbons (Fsp3) is 0.318. The summed E-state index contributed by atoms with van der Waals surface area (Å²) in [7, 11) is -3.79. The molecule has 1 N–H and O–H groups in total. The van der Waals surface area contributed by atoms with Gasteiger partial charge in [-0.25, -0.2) is 8.42 Å². The molecule has 1 aliphatic heterocycles. The third-order valence-corrected chi connectivity index (χ3v) is 7.32. The molecule has 0 bridgehead atoms. The lowest BCUT2D eigenvalue weighted by Crippen LogP contribution is -2.39. The second-order valence-corrected chi connectivity index (χ2v) is 9.87. The third-order valence-electron chi connectivity index (χ3n) is 5.45. The number of carbonyl (C=O) groups excluding carboxylic acids is 1. The summed E-state index contributed by atoms with van der Waals surface area (Å²) in [4.78, 5) is 11.3. The second-order valence-electron chi connectivity index (χ2n) is 7.93. The summed E-state index contributed by atoms with van der Waals surface area (Å²) in [5.41, 5.74) is 0.0464. The molecule has 3 aromatic rings. The molecule has 0 saturated carbocycles. The lowest BCUT2D eigenvalue weighted by Gasteiger charge is -2.30. The van der Waals surface area contributed by atoms with Gasteiger partial charge in [0.15, 0.2) is 0 Å². The zero-order valence-corrected chi connectivity index (χ0v) is 18.9. The van der Waals surface area contributed by atoms with Crippen LogP contribution in [-0.4, -0.2) is 41.9 Å². The van der Waals surface area contributed by atoms with Crippen molar-refractivity contribution < 1.29 is 30.8 Å². The molecule has 8 nitrogen and oxygen atoms in total. The van der Waals surface area contributed by atoms with Crippen LogP contribution in [0.1, 0.15) is 37.1 Å². The zero-order valence-electron chi connectivity index (χ0n) is 18.0. The van der Waals surface area contributed by atoms with Gasteiger partial charge in [-0.15, -0.1) is 10.2 Å². The lowest BCUT2D eigenvalue weighted by molar-refractivity contribution is -0.137. The number of rotatable bonds is 5. The summed E-state index contributed by atoms with van der Waals surface area (Å²) in [6.07, 6.45) is -3.24. The van der Waals surface area contributed by atoms with Gasteiger partial charge in [-0.1, -0.05) is 0 Å². The Balaban J connectivity index is 1.49. The molecule has 0 aliphatic carbocycles. The number of nitrogens with one attached hydrogen (secondary N) is 1. The molecular weight excluding hydrogens is 473 g/mol. The number of hydrogen-bond acceptors (Lipinski definition) is 6. The van der Waals surface area contributed by atoms with E-state index in [-0.39, 0.29) is 35.0 Å². The number of nitrogens with zero attached hydrogens (tertiary/aromatic N) is 3. The van der Waals surface area contributed by atoms with E-state index in [9.17, 15) is 26.4 Å². The minimum Gasteiger partial charge on any atom is -0.420 e. The minimum absolute atomic E-state index is 0.0669. The van der Waals surface area contributed by atoms with Crippen molar-refractivity contribution in [2.75, 3.05) is 18.4 Å². The van der Waals surface area contributed by atoms with Gasteiger partial charge in [-0.05, 0) is 61.4 Å². The summed E-state index contributed by atoms with van der Waals surface area (Å²) in [6, 6.07) is 10.3. The molecule has 180 valence electrons. The van der Waals surface area contributed by atoms with Crippen molar-refractivity contribution >= 4 is 21.6 Å². The maximum Gasteiger partial charge on any atom is 0.416 e. The van der Waals surface area contributed by atoms with Crippen molar-refractivity contribution in [2.45, 2.75) is 36.8 Å². The van der Waals surface area contributed by atoms with Gasteiger partial charge in [0, 0.05) is 31.3 Å². The van der Waals surface area contributed by atoms with Gasteiger partial charge in [-0.2, -0.15) is 17.5 Å². The average Bonchev–Trinajstić information content (AvgIpc) is 3.29. The molecule has 1 fully saturated rings.